The number of H-pyrrole nitrogens is 1. The summed E-state index contributed by atoms with van der Waals surface area (Å²) in [6.07, 6.45) is 1.97. The molecule has 0 bridgehead atoms. The molecule has 2 aromatic heterocycles. The Kier molecular flexibility index (Phi) is 4.11. The summed E-state index contributed by atoms with van der Waals surface area (Å²) >= 11 is 14.1. The fourth-order valence-corrected chi connectivity index (χ4v) is 3.74. The van der Waals surface area contributed by atoms with E-state index in [4.69, 9.17) is 23.8 Å². The monoisotopic (exact) mass is 432 g/mol. The van der Waals surface area contributed by atoms with Crippen LogP contribution in [-0.2, 0) is 13.5 Å². The van der Waals surface area contributed by atoms with Gasteiger partial charge in [-0.1, -0.05) is 24.9 Å². The summed E-state index contributed by atoms with van der Waals surface area (Å²) in [6.45, 7) is 2.14. The topological polar surface area (TPSA) is 38.5 Å². The van der Waals surface area contributed by atoms with Crippen molar-refractivity contribution in [1.82, 2.24) is 19.3 Å². The second-order valence-corrected chi connectivity index (χ2v) is 6.92. The number of hydrogen-bond donors (Lipinski definition) is 1. The molecule has 0 saturated heterocycles. The predicted molar refractivity (Wildman–Crippen MR) is 96.9 cm³/mol. The van der Waals surface area contributed by atoms with Crippen molar-refractivity contribution in [2.45, 2.75) is 19.8 Å². The Bertz CT molecular complexity index is 877. The van der Waals surface area contributed by atoms with E-state index >= 15 is 0 Å². The molecule has 110 valence electrons. The zero-order chi connectivity index (χ0) is 15.1. The van der Waals surface area contributed by atoms with Gasteiger partial charge in [-0.25, -0.2) is 4.68 Å². The summed E-state index contributed by atoms with van der Waals surface area (Å²) in [6, 6.07) is 5.94. The van der Waals surface area contributed by atoms with Gasteiger partial charge in [-0.3, -0.25) is 4.57 Å². The lowest BCUT2D eigenvalue weighted by Crippen LogP contribution is -2.01. The van der Waals surface area contributed by atoms with Crippen LogP contribution in [0.3, 0.4) is 0 Å². The molecule has 1 N–H and O–H groups in total. The molecule has 0 aliphatic rings. The number of imidazole rings is 1. The second kappa shape index (κ2) is 5.73. The number of nitrogens with one attached hydrogen (secondary N) is 1. The number of hydrogen-bond acceptors (Lipinski definition) is 2. The van der Waals surface area contributed by atoms with Gasteiger partial charge in [0.1, 0.15) is 5.52 Å². The minimum absolute atomic E-state index is 0.637. The molecule has 21 heavy (non-hydrogen) atoms. The van der Waals surface area contributed by atoms with Gasteiger partial charge in [0.25, 0.3) is 0 Å². The van der Waals surface area contributed by atoms with Crippen LogP contribution in [0.25, 0.3) is 16.9 Å². The van der Waals surface area contributed by atoms with E-state index in [0.29, 0.717) is 9.79 Å². The third kappa shape index (κ3) is 2.53. The summed E-state index contributed by atoms with van der Waals surface area (Å²) in [5.41, 5.74) is 3.87. The summed E-state index contributed by atoms with van der Waals surface area (Å²) in [5.74, 6) is 0. The van der Waals surface area contributed by atoms with Crippen LogP contribution in [0, 0.1) is 8.34 Å². The molecule has 0 aliphatic carbocycles. The van der Waals surface area contributed by atoms with Crippen LogP contribution < -0.4 is 0 Å². The molecular weight excluding hydrogens is 419 g/mol. The Balaban J connectivity index is 2.32. The molecule has 0 radical (unpaired) electrons. The molecule has 2 heterocycles. The fourth-order valence-electron chi connectivity index (χ4n) is 2.51. The highest BCUT2D eigenvalue weighted by molar-refractivity contribution is 14.1. The molecule has 4 nitrogen and oxygen atoms in total. The average Bonchev–Trinajstić information content (AvgIpc) is 2.89. The SMILES string of the molecule is CCCc1nn(C)c2c1[nH]c(=S)n2-c1ccc(I)cc1Cl. The first kappa shape index (κ1) is 15.1. The average molecular weight is 433 g/mol. The Morgan fingerprint density at radius 2 is 2.19 bits per heavy atom. The first-order valence-corrected chi connectivity index (χ1v) is 8.51. The third-order valence-corrected chi connectivity index (χ3v) is 4.63. The smallest absolute Gasteiger partial charge is 0.184 e. The molecule has 0 unspecified atom stereocenters. The van der Waals surface area contributed by atoms with Gasteiger partial charge in [-0.2, -0.15) is 5.10 Å². The van der Waals surface area contributed by atoms with Crippen LogP contribution in [0.5, 0.6) is 0 Å². The van der Waals surface area contributed by atoms with Crippen LogP contribution in [0.15, 0.2) is 18.2 Å². The maximum Gasteiger partial charge on any atom is 0.184 e. The van der Waals surface area contributed by atoms with Gasteiger partial charge in [-0.15, -0.1) is 0 Å². The van der Waals surface area contributed by atoms with Gasteiger partial charge in [-0.05, 0) is 59.4 Å². The highest BCUT2D eigenvalue weighted by Crippen LogP contribution is 2.28. The van der Waals surface area contributed by atoms with Crippen LogP contribution in [-0.4, -0.2) is 19.3 Å². The van der Waals surface area contributed by atoms with Crippen LogP contribution in [0.4, 0.5) is 0 Å². The Hall–Kier alpha value is -0.860. The van der Waals surface area contributed by atoms with E-state index in [-0.39, 0.29) is 0 Å². The minimum atomic E-state index is 0.637. The van der Waals surface area contributed by atoms with Gasteiger partial charge in [0.05, 0.1) is 16.4 Å². The van der Waals surface area contributed by atoms with Crippen molar-refractivity contribution in [3.05, 3.63) is 37.3 Å². The summed E-state index contributed by atoms with van der Waals surface area (Å²) in [7, 11) is 1.93. The van der Waals surface area contributed by atoms with Crippen molar-refractivity contribution in [1.29, 1.82) is 0 Å². The van der Waals surface area contributed by atoms with E-state index in [0.717, 1.165) is 39.0 Å². The maximum absolute atomic E-state index is 6.40. The van der Waals surface area contributed by atoms with Gasteiger partial charge < -0.3 is 4.98 Å². The van der Waals surface area contributed by atoms with Crippen molar-refractivity contribution in [2.75, 3.05) is 0 Å². The van der Waals surface area contributed by atoms with E-state index in [9.17, 15) is 0 Å². The summed E-state index contributed by atoms with van der Waals surface area (Å²) < 4.78 is 5.55. The minimum Gasteiger partial charge on any atom is -0.327 e. The van der Waals surface area contributed by atoms with Gasteiger partial charge in [0.2, 0.25) is 0 Å². The van der Waals surface area contributed by atoms with Gasteiger partial charge in [0, 0.05) is 10.6 Å². The van der Waals surface area contributed by atoms with Gasteiger partial charge in [0.15, 0.2) is 10.4 Å². The molecule has 3 rings (SSSR count). The van der Waals surface area contributed by atoms with Crippen LogP contribution >= 0.6 is 46.4 Å². The predicted octanol–water partition coefficient (Wildman–Crippen LogP) is 4.63. The number of fused-ring (bicyclic) bond motifs is 1. The lowest BCUT2D eigenvalue weighted by atomic mass is 10.2. The standard InChI is InChI=1S/C14H14ClIN4S/c1-3-4-10-12-13(19(2)18-10)20(14(21)17-12)11-6-5-8(16)7-9(11)15/h5-7H,3-4H2,1-2H3,(H,17,21). The van der Waals surface area contributed by atoms with E-state index < -0.39 is 0 Å². The largest absolute Gasteiger partial charge is 0.327 e. The number of benzene rings is 1. The maximum atomic E-state index is 6.40. The van der Waals surface area contributed by atoms with E-state index in [1.807, 2.05) is 34.5 Å². The fraction of sp³-hybridized carbons (Fsp3) is 0.286. The van der Waals surface area contributed by atoms with Crippen molar-refractivity contribution >= 4 is 57.6 Å². The number of rotatable bonds is 3. The molecule has 0 saturated carbocycles. The molecular formula is C14H14ClIN4S. The first-order valence-electron chi connectivity index (χ1n) is 6.65. The van der Waals surface area contributed by atoms with Crippen molar-refractivity contribution in [2.24, 2.45) is 7.05 Å². The molecule has 1 aromatic carbocycles. The molecule has 0 spiro atoms. The Morgan fingerprint density at radius 3 is 2.86 bits per heavy atom. The van der Waals surface area contributed by atoms with Crippen LogP contribution in [0.2, 0.25) is 5.02 Å². The van der Waals surface area contributed by atoms with E-state index in [1.54, 1.807) is 0 Å². The molecule has 7 heteroatoms. The number of halogens is 2. The van der Waals surface area contributed by atoms with Crippen molar-refractivity contribution in [3.8, 4) is 5.69 Å². The van der Waals surface area contributed by atoms with Crippen LogP contribution in [0.1, 0.15) is 19.0 Å². The molecule has 0 amide bonds. The summed E-state index contributed by atoms with van der Waals surface area (Å²) in [5, 5.41) is 5.27. The number of aryl methyl sites for hydroxylation is 2. The van der Waals surface area contributed by atoms with Crippen molar-refractivity contribution < 1.29 is 0 Å². The zero-order valence-corrected chi connectivity index (χ0v) is 15.4. The first-order chi connectivity index (χ1) is 10.0. The molecule has 3 aromatic rings. The molecule has 0 fully saturated rings. The van der Waals surface area contributed by atoms with E-state index in [1.165, 1.54) is 0 Å². The Labute approximate surface area is 146 Å². The lowest BCUT2D eigenvalue weighted by molar-refractivity contribution is 0.735. The number of aromatic nitrogens is 4. The zero-order valence-electron chi connectivity index (χ0n) is 11.7. The van der Waals surface area contributed by atoms with Crippen molar-refractivity contribution in [3.63, 3.8) is 0 Å². The normalized spacial score (nSPS) is 11.4. The second-order valence-electron chi connectivity index (χ2n) is 4.88. The third-order valence-electron chi connectivity index (χ3n) is 3.37. The molecule has 0 atom stereocenters. The van der Waals surface area contributed by atoms with E-state index in [2.05, 4.69) is 39.6 Å². The number of aromatic amines is 1. The highest BCUT2D eigenvalue weighted by Gasteiger charge is 2.17. The highest BCUT2D eigenvalue weighted by atomic mass is 127. The quantitative estimate of drug-likeness (QED) is 0.484. The Morgan fingerprint density at radius 1 is 1.43 bits per heavy atom. The summed E-state index contributed by atoms with van der Waals surface area (Å²) in [4.78, 5) is 3.28. The van der Waals surface area contributed by atoms with Gasteiger partial charge >= 0.3 is 0 Å². The lowest BCUT2D eigenvalue weighted by Gasteiger charge is -2.07. The number of nitrogens with zero attached hydrogens (tertiary/aromatic N) is 3. The molecule has 0 aliphatic heterocycles.